The van der Waals surface area contributed by atoms with Crippen LogP contribution in [0.15, 0.2) is 0 Å². The van der Waals surface area contributed by atoms with Crippen LogP contribution in [0.2, 0.25) is 0 Å². The number of nitrogens with zero attached hydrogens (tertiary/aromatic N) is 1. The molecular formula is C15H30ClN3O2. The first-order chi connectivity index (χ1) is 9.50. The van der Waals surface area contributed by atoms with Crippen molar-refractivity contribution >= 4 is 24.2 Å². The summed E-state index contributed by atoms with van der Waals surface area (Å²) in [5, 5.41) is 6.31. The Labute approximate surface area is 134 Å². The number of piperidine rings is 1. The lowest BCUT2D eigenvalue weighted by atomic mass is 9.85. The van der Waals surface area contributed by atoms with Crippen LogP contribution in [0.4, 0.5) is 0 Å². The summed E-state index contributed by atoms with van der Waals surface area (Å²) in [6, 6.07) is 0. The lowest BCUT2D eigenvalue weighted by Gasteiger charge is -2.28. The number of carbonyl (C=O) groups excluding carboxylic acids is 2. The minimum absolute atomic E-state index is 0. The minimum atomic E-state index is 0. The van der Waals surface area contributed by atoms with Gasteiger partial charge < -0.3 is 15.5 Å². The molecule has 2 amide bonds. The van der Waals surface area contributed by atoms with Crippen LogP contribution in [0.1, 0.15) is 39.0 Å². The lowest BCUT2D eigenvalue weighted by Crippen LogP contribution is -2.35. The maximum absolute atomic E-state index is 11.8. The van der Waals surface area contributed by atoms with Crippen molar-refractivity contribution in [2.24, 2.45) is 11.8 Å². The molecule has 1 rings (SSSR count). The van der Waals surface area contributed by atoms with Crippen LogP contribution in [0.5, 0.6) is 0 Å². The van der Waals surface area contributed by atoms with Gasteiger partial charge in [0, 0.05) is 33.5 Å². The van der Waals surface area contributed by atoms with Crippen LogP contribution in [0, 0.1) is 11.8 Å². The van der Waals surface area contributed by atoms with Gasteiger partial charge in [-0.05, 0) is 44.2 Å². The topological polar surface area (TPSA) is 61.4 Å². The zero-order chi connectivity index (χ0) is 15.0. The lowest BCUT2D eigenvalue weighted by molar-refractivity contribution is -0.129. The maximum atomic E-state index is 11.8. The number of halogens is 1. The molecule has 0 aliphatic carbocycles. The standard InChI is InChI=1S/C15H29N3O2.ClH/c1-12(13-6-4-8-16-11-13)10-14(19)17-9-5-7-15(20)18(2)3;/h12-13,16H,4-11H2,1-3H3,(H,17,19);1H. The molecule has 0 bridgehead atoms. The van der Waals surface area contributed by atoms with Crippen molar-refractivity contribution in [3.63, 3.8) is 0 Å². The highest BCUT2D eigenvalue weighted by atomic mass is 35.5. The van der Waals surface area contributed by atoms with E-state index in [2.05, 4.69) is 17.6 Å². The van der Waals surface area contributed by atoms with Crippen LogP contribution < -0.4 is 10.6 Å². The Morgan fingerprint density at radius 2 is 2.10 bits per heavy atom. The van der Waals surface area contributed by atoms with E-state index in [1.54, 1.807) is 19.0 Å². The quantitative estimate of drug-likeness (QED) is 0.698. The Hall–Kier alpha value is -0.810. The number of nitrogens with one attached hydrogen (secondary N) is 2. The first-order valence-corrected chi connectivity index (χ1v) is 7.68. The molecule has 0 aromatic rings. The van der Waals surface area contributed by atoms with Gasteiger partial charge in [-0.25, -0.2) is 0 Å². The van der Waals surface area contributed by atoms with Crippen LogP contribution in [0.25, 0.3) is 0 Å². The molecule has 1 aliphatic rings. The predicted molar refractivity (Wildman–Crippen MR) is 87.6 cm³/mol. The molecule has 1 heterocycles. The highest BCUT2D eigenvalue weighted by Crippen LogP contribution is 2.22. The molecule has 0 radical (unpaired) electrons. The van der Waals surface area contributed by atoms with Crippen LogP contribution in [-0.4, -0.2) is 50.4 Å². The summed E-state index contributed by atoms with van der Waals surface area (Å²) >= 11 is 0. The Morgan fingerprint density at radius 3 is 2.67 bits per heavy atom. The maximum Gasteiger partial charge on any atom is 0.222 e. The van der Waals surface area contributed by atoms with E-state index in [1.165, 1.54) is 12.8 Å². The summed E-state index contributed by atoms with van der Waals surface area (Å²) in [7, 11) is 3.50. The molecule has 2 atom stereocenters. The van der Waals surface area contributed by atoms with E-state index in [0.717, 1.165) is 13.1 Å². The van der Waals surface area contributed by atoms with E-state index in [1.807, 2.05) is 0 Å². The molecule has 1 saturated heterocycles. The monoisotopic (exact) mass is 319 g/mol. The molecule has 0 spiro atoms. The molecule has 0 aromatic heterocycles. The third kappa shape index (κ3) is 8.27. The molecular weight excluding hydrogens is 290 g/mol. The highest BCUT2D eigenvalue weighted by molar-refractivity contribution is 5.85. The summed E-state index contributed by atoms with van der Waals surface area (Å²) < 4.78 is 0. The van der Waals surface area contributed by atoms with E-state index in [9.17, 15) is 9.59 Å². The largest absolute Gasteiger partial charge is 0.356 e. The van der Waals surface area contributed by atoms with E-state index >= 15 is 0 Å². The number of hydrogen-bond donors (Lipinski definition) is 2. The number of carbonyl (C=O) groups is 2. The van der Waals surface area contributed by atoms with Crippen molar-refractivity contribution in [2.45, 2.75) is 39.0 Å². The first-order valence-electron chi connectivity index (χ1n) is 7.68. The number of amides is 2. The van der Waals surface area contributed by atoms with Crippen molar-refractivity contribution in [1.82, 2.24) is 15.5 Å². The Bertz CT molecular complexity index is 318. The zero-order valence-electron chi connectivity index (χ0n) is 13.5. The molecule has 0 saturated carbocycles. The molecule has 2 N–H and O–H groups in total. The van der Waals surface area contributed by atoms with Crippen LogP contribution in [0.3, 0.4) is 0 Å². The third-order valence-corrected chi connectivity index (χ3v) is 4.04. The molecule has 1 fully saturated rings. The van der Waals surface area contributed by atoms with Gasteiger partial charge in [0.25, 0.3) is 0 Å². The summed E-state index contributed by atoms with van der Waals surface area (Å²) in [5.41, 5.74) is 0. The van der Waals surface area contributed by atoms with Gasteiger partial charge in [0.1, 0.15) is 0 Å². The fourth-order valence-corrected chi connectivity index (χ4v) is 2.59. The van der Waals surface area contributed by atoms with Gasteiger partial charge in [0.2, 0.25) is 11.8 Å². The van der Waals surface area contributed by atoms with Gasteiger partial charge in [-0.2, -0.15) is 0 Å². The van der Waals surface area contributed by atoms with Crippen LogP contribution in [-0.2, 0) is 9.59 Å². The number of rotatable bonds is 7. The van der Waals surface area contributed by atoms with E-state index in [-0.39, 0.29) is 24.2 Å². The van der Waals surface area contributed by atoms with Crippen LogP contribution >= 0.6 is 12.4 Å². The molecule has 1 aliphatic heterocycles. The average Bonchev–Trinajstić information content (AvgIpc) is 2.44. The van der Waals surface area contributed by atoms with Crippen molar-refractivity contribution in [3.8, 4) is 0 Å². The second kappa shape index (κ2) is 10.9. The molecule has 2 unspecified atom stereocenters. The van der Waals surface area contributed by atoms with Gasteiger partial charge in [-0.15, -0.1) is 12.4 Å². The normalized spacial score (nSPS) is 19.3. The molecule has 6 heteroatoms. The molecule has 124 valence electrons. The SMILES string of the molecule is CC(CC(=O)NCCCC(=O)N(C)C)C1CCCNC1.Cl. The summed E-state index contributed by atoms with van der Waals surface area (Å²) in [6.07, 6.45) is 4.23. The van der Waals surface area contributed by atoms with E-state index in [4.69, 9.17) is 0 Å². The smallest absolute Gasteiger partial charge is 0.222 e. The summed E-state index contributed by atoms with van der Waals surface area (Å²) in [4.78, 5) is 24.8. The van der Waals surface area contributed by atoms with E-state index in [0.29, 0.717) is 37.6 Å². The zero-order valence-corrected chi connectivity index (χ0v) is 14.3. The third-order valence-electron chi connectivity index (χ3n) is 4.04. The van der Waals surface area contributed by atoms with Crippen molar-refractivity contribution in [3.05, 3.63) is 0 Å². The predicted octanol–water partition coefficient (Wildman–Crippen LogP) is 1.42. The van der Waals surface area contributed by atoms with Crippen molar-refractivity contribution < 1.29 is 9.59 Å². The number of hydrogen-bond acceptors (Lipinski definition) is 3. The summed E-state index contributed by atoms with van der Waals surface area (Å²) in [6.45, 7) is 4.89. The van der Waals surface area contributed by atoms with Gasteiger partial charge in [-0.1, -0.05) is 6.92 Å². The fraction of sp³-hybridized carbons (Fsp3) is 0.867. The van der Waals surface area contributed by atoms with E-state index < -0.39 is 0 Å². The Kier molecular flexibility index (Phi) is 10.4. The molecule has 0 aromatic carbocycles. The van der Waals surface area contributed by atoms with Gasteiger partial charge in [0.15, 0.2) is 0 Å². The van der Waals surface area contributed by atoms with Gasteiger partial charge in [0.05, 0.1) is 0 Å². The second-order valence-electron chi connectivity index (χ2n) is 6.03. The average molecular weight is 320 g/mol. The first kappa shape index (κ1) is 20.2. The molecule has 5 nitrogen and oxygen atoms in total. The Morgan fingerprint density at radius 1 is 1.38 bits per heavy atom. The second-order valence-corrected chi connectivity index (χ2v) is 6.03. The fourth-order valence-electron chi connectivity index (χ4n) is 2.59. The highest BCUT2D eigenvalue weighted by Gasteiger charge is 2.21. The van der Waals surface area contributed by atoms with Crippen molar-refractivity contribution in [2.75, 3.05) is 33.7 Å². The van der Waals surface area contributed by atoms with Gasteiger partial charge >= 0.3 is 0 Å². The summed E-state index contributed by atoms with van der Waals surface area (Å²) in [5.74, 6) is 1.26. The Balaban J connectivity index is 0.00000400. The molecule has 21 heavy (non-hydrogen) atoms. The van der Waals surface area contributed by atoms with Crippen molar-refractivity contribution in [1.29, 1.82) is 0 Å². The van der Waals surface area contributed by atoms with Gasteiger partial charge in [-0.3, -0.25) is 9.59 Å². The minimum Gasteiger partial charge on any atom is -0.356 e.